The van der Waals surface area contributed by atoms with Gasteiger partial charge in [-0.05, 0) is 22.4 Å². The summed E-state index contributed by atoms with van der Waals surface area (Å²) in [5.74, 6) is -0.376. The number of hydrogen-bond acceptors (Lipinski definition) is 4. The van der Waals surface area contributed by atoms with E-state index in [9.17, 15) is 9.59 Å². The fourth-order valence-electron chi connectivity index (χ4n) is 2.15. The molecule has 4 nitrogen and oxygen atoms in total. The molecule has 0 aliphatic carbocycles. The van der Waals surface area contributed by atoms with Crippen molar-refractivity contribution in [2.24, 2.45) is 0 Å². The zero-order chi connectivity index (χ0) is 16.1. The number of benzene rings is 1. The van der Waals surface area contributed by atoms with Crippen LogP contribution in [0.25, 0.3) is 0 Å². The van der Waals surface area contributed by atoms with Gasteiger partial charge in [-0.3, -0.25) is 4.79 Å². The summed E-state index contributed by atoms with van der Waals surface area (Å²) in [6, 6.07) is 9.49. The summed E-state index contributed by atoms with van der Waals surface area (Å²) in [7, 11) is 1.35. The van der Waals surface area contributed by atoms with Gasteiger partial charge in [-0.15, -0.1) is 11.3 Å². The van der Waals surface area contributed by atoms with Crippen LogP contribution in [0.1, 0.15) is 41.3 Å². The van der Waals surface area contributed by atoms with Crippen LogP contribution in [-0.2, 0) is 16.0 Å². The molecule has 0 fully saturated rings. The third kappa shape index (κ3) is 3.74. The molecule has 0 saturated heterocycles. The van der Waals surface area contributed by atoms with Gasteiger partial charge >= 0.3 is 5.97 Å². The Labute approximate surface area is 134 Å². The van der Waals surface area contributed by atoms with Gasteiger partial charge in [-0.25, -0.2) is 4.79 Å². The third-order valence-electron chi connectivity index (χ3n) is 3.29. The zero-order valence-corrected chi connectivity index (χ0v) is 13.7. The summed E-state index contributed by atoms with van der Waals surface area (Å²) in [6.07, 6.45) is 0.274. The van der Waals surface area contributed by atoms with E-state index in [0.717, 1.165) is 11.1 Å². The Hall–Kier alpha value is -2.14. The number of anilines is 1. The molecule has 2 rings (SSSR count). The molecule has 0 radical (unpaired) electrons. The second kappa shape index (κ2) is 7.22. The molecule has 1 N–H and O–H groups in total. The average Bonchev–Trinajstić information content (AvgIpc) is 2.91. The summed E-state index contributed by atoms with van der Waals surface area (Å²) in [5, 5.41) is 5.28. The highest BCUT2D eigenvalue weighted by molar-refractivity contribution is 7.15. The van der Waals surface area contributed by atoms with Gasteiger partial charge in [0.2, 0.25) is 5.91 Å². The highest BCUT2D eigenvalue weighted by Crippen LogP contribution is 2.33. The van der Waals surface area contributed by atoms with E-state index in [0.29, 0.717) is 10.6 Å². The molecule has 22 heavy (non-hydrogen) atoms. The van der Waals surface area contributed by atoms with Crippen LogP contribution in [0.5, 0.6) is 0 Å². The molecular formula is C17H19NO3S. The lowest BCUT2D eigenvalue weighted by molar-refractivity contribution is -0.115. The van der Waals surface area contributed by atoms with E-state index in [4.69, 9.17) is 4.74 Å². The first kappa shape index (κ1) is 16.2. The molecule has 0 aliphatic rings. The van der Waals surface area contributed by atoms with Crippen LogP contribution in [-0.4, -0.2) is 19.0 Å². The number of methoxy groups -OCH3 is 1. The van der Waals surface area contributed by atoms with Gasteiger partial charge in [0.15, 0.2) is 0 Å². The van der Waals surface area contributed by atoms with Gasteiger partial charge in [-0.2, -0.15) is 0 Å². The number of amides is 1. The minimum Gasteiger partial charge on any atom is -0.465 e. The van der Waals surface area contributed by atoms with Crippen LogP contribution in [0.2, 0.25) is 0 Å². The molecule has 0 unspecified atom stereocenters. The van der Waals surface area contributed by atoms with Gasteiger partial charge in [0.25, 0.3) is 0 Å². The van der Waals surface area contributed by atoms with Crippen molar-refractivity contribution < 1.29 is 14.3 Å². The van der Waals surface area contributed by atoms with E-state index in [2.05, 4.69) is 5.32 Å². The van der Waals surface area contributed by atoms with Gasteiger partial charge in [0.1, 0.15) is 5.00 Å². The van der Waals surface area contributed by atoms with Crippen LogP contribution in [0, 0.1) is 0 Å². The molecule has 2 aromatic rings. The van der Waals surface area contributed by atoms with Crippen LogP contribution < -0.4 is 5.32 Å². The first-order valence-electron chi connectivity index (χ1n) is 7.06. The molecule has 0 atom stereocenters. The summed E-state index contributed by atoms with van der Waals surface area (Å²) in [6.45, 7) is 4.01. The topological polar surface area (TPSA) is 55.4 Å². The van der Waals surface area contributed by atoms with Crippen molar-refractivity contribution in [1.29, 1.82) is 0 Å². The van der Waals surface area contributed by atoms with E-state index in [1.54, 1.807) is 0 Å². The van der Waals surface area contributed by atoms with Gasteiger partial charge in [0, 0.05) is 0 Å². The Balaban J connectivity index is 2.19. The van der Waals surface area contributed by atoms with Gasteiger partial charge < -0.3 is 10.1 Å². The first-order valence-corrected chi connectivity index (χ1v) is 7.94. The number of carbonyl (C=O) groups excluding carboxylic acids is 2. The minimum atomic E-state index is -0.417. The number of rotatable bonds is 5. The van der Waals surface area contributed by atoms with Crippen molar-refractivity contribution in [2.75, 3.05) is 12.4 Å². The summed E-state index contributed by atoms with van der Waals surface area (Å²) in [4.78, 5) is 24.2. The molecule has 0 saturated carbocycles. The highest BCUT2D eigenvalue weighted by Gasteiger charge is 2.22. The van der Waals surface area contributed by atoms with Gasteiger partial charge in [0.05, 0.1) is 19.1 Å². The van der Waals surface area contributed by atoms with Crippen molar-refractivity contribution in [3.8, 4) is 0 Å². The van der Waals surface area contributed by atoms with Crippen LogP contribution in [0.15, 0.2) is 35.7 Å². The number of esters is 1. The molecule has 116 valence electrons. The largest absolute Gasteiger partial charge is 0.465 e. The van der Waals surface area contributed by atoms with E-state index < -0.39 is 5.97 Å². The predicted molar refractivity (Wildman–Crippen MR) is 88.5 cm³/mol. The van der Waals surface area contributed by atoms with Gasteiger partial charge in [-0.1, -0.05) is 44.2 Å². The lowest BCUT2D eigenvalue weighted by Crippen LogP contribution is -2.16. The molecule has 1 aromatic carbocycles. The van der Waals surface area contributed by atoms with Crippen molar-refractivity contribution in [3.05, 3.63) is 52.4 Å². The maximum Gasteiger partial charge on any atom is 0.341 e. The fraction of sp³-hybridized carbons (Fsp3) is 0.294. The van der Waals surface area contributed by atoms with E-state index in [-0.39, 0.29) is 18.2 Å². The smallest absolute Gasteiger partial charge is 0.341 e. The molecule has 0 spiro atoms. The lowest BCUT2D eigenvalue weighted by atomic mass is 10.0. The average molecular weight is 317 g/mol. The zero-order valence-electron chi connectivity index (χ0n) is 12.9. The molecule has 1 aromatic heterocycles. The Bertz CT molecular complexity index is 662. The Morgan fingerprint density at radius 1 is 1.23 bits per heavy atom. The second-order valence-corrected chi connectivity index (χ2v) is 6.13. The maximum atomic E-state index is 12.2. The molecule has 0 aliphatic heterocycles. The van der Waals surface area contributed by atoms with E-state index >= 15 is 0 Å². The Kier molecular flexibility index (Phi) is 5.33. The van der Waals surface area contributed by atoms with Crippen molar-refractivity contribution in [3.63, 3.8) is 0 Å². The monoisotopic (exact) mass is 317 g/mol. The lowest BCUT2D eigenvalue weighted by Gasteiger charge is -2.09. The van der Waals surface area contributed by atoms with Crippen LogP contribution in [0.3, 0.4) is 0 Å². The summed E-state index contributed by atoms with van der Waals surface area (Å²) >= 11 is 1.35. The summed E-state index contributed by atoms with van der Waals surface area (Å²) in [5.41, 5.74) is 2.29. The number of hydrogen-bond donors (Lipinski definition) is 1. The number of thiophene rings is 1. The number of carbonyl (C=O) groups is 2. The third-order valence-corrected chi connectivity index (χ3v) is 4.21. The maximum absolute atomic E-state index is 12.2. The normalized spacial score (nSPS) is 10.5. The SMILES string of the molecule is COC(=O)c1c(C(C)C)csc1NC(=O)Cc1ccccc1. The van der Waals surface area contributed by atoms with E-state index in [1.807, 2.05) is 49.6 Å². The first-order chi connectivity index (χ1) is 10.5. The van der Waals surface area contributed by atoms with Crippen LogP contribution >= 0.6 is 11.3 Å². The minimum absolute atomic E-state index is 0.145. The van der Waals surface area contributed by atoms with Crippen LogP contribution in [0.4, 0.5) is 5.00 Å². The highest BCUT2D eigenvalue weighted by atomic mass is 32.1. The van der Waals surface area contributed by atoms with Crippen molar-refractivity contribution in [2.45, 2.75) is 26.2 Å². The van der Waals surface area contributed by atoms with Crippen molar-refractivity contribution >= 4 is 28.2 Å². The quantitative estimate of drug-likeness (QED) is 0.852. The van der Waals surface area contributed by atoms with Crippen molar-refractivity contribution in [1.82, 2.24) is 0 Å². The molecule has 1 amide bonds. The summed E-state index contributed by atoms with van der Waals surface area (Å²) < 4.78 is 4.84. The molecule has 5 heteroatoms. The Morgan fingerprint density at radius 2 is 1.91 bits per heavy atom. The predicted octanol–water partition coefficient (Wildman–Crippen LogP) is 3.84. The number of ether oxygens (including phenoxy) is 1. The standard InChI is InChI=1S/C17H19NO3S/c1-11(2)13-10-22-16(15(13)17(20)21-3)18-14(19)9-12-7-5-4-6-8-12/h4-8,10-11H,9H2,1-3H3,(H,18,19). The number of nitrogens with one attached hydrogen (secondary N) is 1. The molecule has 0 bridgehead atoms. The Morgan fingerprint density at radius 3 is 2.50 bits per heavy atom. The molecular weight excluding hydrogens is 298 g/mol. The second-order valence-electron chi connectivity index (χ2n) is 5.25. The molecule has 1 heterocycles. The fourth-order valence-corrected chi connectivity index (χ4v) is 3.28. The van der Waals surface area contributed by atoms with E-state index in [1.165, 1.54) is 18.4 Å².